The van der Waals surface area contributed by atoms with Gasteiger partial charge in [0.2, 0.25) is 11.8 Å². The number of amides is 7. The van der Waals surface area contributed by atoms with E-state index in [-0.39, 0.29) is 100 Å². The molecular formula is C70H83N10O16S2. The van der Waals surface area contributed by atoms with Crippen LogP contribution in [0.3, 0.4) is 0 Å². The van der Waals surface area contributed by atoms with Crippen molar-refractivity contribution in [3.05, 3.63) is 120 Å². The molecule has 7 amide bonds. The molecule has 521 valence electrons. The summed E-state index contributed by atoms with van der Waals surface area (Å²) in [6, 6.07) is 23.3. The van der Waals surface area contributed by atoms with Gasteiger partial charge in [-0.1, -0.05) is 68.0 Å². The van der Waals surface area contributed by atoms with Crippen LogP contribution in [0.1, 0.15) is 112 Å². The van der Waals surface area contributed by atoms with Crippen molar-refractivity contribution in [3.8, 4) is 28.1 Å². The van der Waals surface area contributed by atoms with Crippen LogP contribution in [-0.4, -0.2) is 180 Å². The third-order valence-electron chi connectivity index (χ3n) is 19.0. The summed E-state index contributed by atoms with van der Waals surface area (Å²) in [5.74, 6) is -4.09. The molecule has 4 aliphatic carbocycles. The first-order valence-corrected chi connectivity index (χ1v) is 35.5. The van der Waals surface area contributed by atoms with Crippen LogP contribution in [-0.2, 0) is 67.8 Å². The molecule has 2 aliphatic heterocycles. The van der Waals surface area contributed by atoms with Gasteiger partial charge >= 0.3 is 18.1 Å². The Bertz CT molecular complexity index is 4070. The average molecular weight is 1380 g/mol. The van der Waals surface area contributed by atoms with E-state index in [9.17, 15) is 51.6 Å². The Labute approximate surface area is 572 Å². The van der Waals surface area contributed by atoms with Crippen molar-refractivity contribution in [1.82, 2.24) is 40.2 Å². The first-order valence-electron chi connectivity index (χ1n) is 33.1. The van der Waals surface area contributed by atoms with Gasteiger partial charge in [0.1, 0.15) is 30.8 Å². The lowest BCUT2D eigenvalue weighted by molar-refractivity contribution is -0.248. The minimum Gasteiger partial charge on any atom is -0.491 e. The predicted molar refractivity (Wildman–Crippen MR) is 363 cm³/mol. The number of aromatic carboxylic acids is 1. The fraction of sp³-hybridized carbons (Fsp3) is 0.486. The summed E-state index contributed by atoms with van der Waals surface area (Å²) in [5, 5.41) is 24.1. The van der Waals surface area contributed by atoms with E-state index in [1.165, 1.54) is 23.5 Å². The minimum absolute atomic E-state index is 0.00982. The third-order valence-corrected chi connectivity index (χ3v) is 20.7. The lowest BCUT2D eigenvalue weighted by Gasteiger charge is -2.69. The maximum absolute atomic E-state index is 13.9. The third kappa shape index (κ3) is 17.1. The molecule has 3 atom stereocenters. The number of thiazole rings is 1. The molecule has 0 spiro atoms. The second-order valence-corrected chi connectivity index (χ2v) is 29.6. The van der Waals surface area contributed by atoms with Gasteiger partial charge in [-0.15, -0.1) is 0 Å². The van der Waals surface area contributed by atoms with Crippen molar-refractivity contribution >= 4 is 84.2 Å². The number of methoxy groups -OCH3 is 1. The second kappa shape index (κ2) is 30.2. The van der Waals surface area contributed by atoms with E-state index in [4.69, 9.17) is 33.8 Å². The van der Waals surface area contributed by atoms with Gasteiger partial charge in [0.25, 0.3) is 21.9 Å². The number of nitrogens with one attached hydrogen (secondary N) is 3. The van der Waals surface area contributed by atoms with Crippen molar-refractivity contribution in [2.24, 2.45) is 16.2 Å². The van der Waals surface area contributed by atoms with E-state index in [0.29, 0.717) is 71.2 Å². The molecule has 5 N–H and O–H groups in total. The molecule has 12 rings (SSSR count). The molecule has 28 heteroatoms. The normalized spacial score (nSPS) is 21.1. The number of rotatable bonds is 32. The number of carboxylic acids is 1. The highest BCUT2D eigenvalue weighted by Crippen LogP contribution is 2.72. The van der Waals surface area contributed by atoms with E-state index < -0.39 is 63.2 Å². The largest absolute Gasteiger partial charge is 0.491 e. The van der Waals surface area contributed by atoms with Crippen molar-refractivity contribution in [2.45, 2.75) is 123 Å². The molecule has 0 saturated heterocycles. The molecule has 5 heterocycles. The first kappa shape index (κ1) is 70.6. The molecule has 6 aromatic rings. The van der Waals surface area contributed by atoms with Crippen molar-refractivity contribution in [2.75, 3.05) is 88.8 Å². The summed E-state index contributed by atoms with van der Waals surface area (Å²) < 4.78 is 65.9. The number of hydrogen-bond acceptors (Lipinski definition) is 18. The molecule has 98 heavy (non-hydrogen) atoms. The zero-order valence-electron chi connectivity index (χ0n) is 55.5. The number of carbonyl (C=O) groups is 7. The fourth-order valence-electron chi connectivity index (χ4n) is 15.9. The molecular weight excluding hydrogens is 1300 g/mol. The number of nitrogens with zero attached hydrogens (tertiary/aromatic N) is 7. The topological polar surface area (TPSA) is 330 Å². The van der Waals surface area contributed by atoms with Gasteiger partial charge in [0.05, 0.1) is 54.1 Å². The van der Waals surface area contributed by atoms with E-state index in [1.807, 2.05) is 60.1 Å². The van der Waals surface area contributed by atoms with Crippen molar-refractivity contribution < 1.29 is 75.3 Å². The van der Waals surface area contributed by atoms with E-state index in [1.54, 1.807) is 47.4 Å². The standard InChI is InChI=1S/C70H83N10O16S2/c1-46-51(50-21-22-52(74-61(50)63(85)86)48-20-19-47-14-12-27-78(55(47)35-48)65(87)76-64-75-53-15-8-10-17-57(53)97-64)36-72-80(46)45-69-40-67(2)39-68(3,41-69)43-70(42-67,44-69)96-32-29-77(28-31-92-4)66(88)95-37-49-13-7-9-16-56(49)94-34-33-93-30-25-71-62(84)54(38-98(89,90)91)73-58(81)18-6-5-11-26-79-59(82)23-24-60(79)83/h7-8,10,13,15-17,19-24,35-36,54H,5-6,11-12,14,18,25-34,37-45H2,1-4H3,(H,71,84)(H,73,81)(H,85,86)(H,75,76,87)(H,89,90,91)/t54-,67?,68?,69?,70?/m0/s1. The Hall–Kier alpha value is -8.67. The van der Waals surface area contributed by atoms with Crippen LogP contribution in [0.4, 0.5) is 20.4 Å². The summed E-state index contributed by atoms with van der Waals surface area (Å²) in [7, 11) is -3.09. The predicted octanol–water partition coefficient (Wildman–Crippen LogP) is 8.80. The highest BCUT2D eigenvalue weighted by Gasteiger charge is 2.66. The number of aromatic nitrogens is 4. The van der Waals surface area contributed by atoms with Gasteiger partial charge in [-0.25, -0.2) is 24.4 Å². The molecule has 2 unspecified atom stereocenters. The number of benzene rings is 3. The highest BCUT2D eigenvalue weighted by atomic mass is 32.2. The first-order chi connectivity index (χ1) is 46.9. The Morgan fingerprint density at radius 3 is 2.40 bits per heavy atom. The minimum atomic E-state index is -4.66. The summed E-state index contributed by atoms with van der Waals surface area (Å²) in [6.07, 6.45) is 11.9. The van der Waals surface area contributed by atoms with Gasteiger partial charge in [-0.2, -0.15) is 13.5 Å². The number of carbonyl (C=O) groups excluding carboxylic acids is 6. The van der Waals surface area contributed by atoms with Gasteiger partial charge in [-0.3, -0.25) is 43.5 Å². The van der Waals surface area contributed by atoms with Crippen LogP contribution in [0, 0.1) is 29.2 Å². The van der Waals surface area contributed by atoms with Crippen LogP contribution in [0.25, 0.3) is 32.6 Å². The number of fused-ring (bicyclic) bond motifs is 2. The van der Waals surface area contributed by atoms with Crippen molar-refractivity contribution in [3.63, 3.8) is 0 Å². The second-order valence-electron chi connectivity index (χ2n) is 27.1. The molecule has 3 aromatic heterocycles. The quantitative estimate of drug-likeness (QED) is 0.0150. The fourth-order valence-corrected chi connectivity index (χ4v) is 17.4. The van der Waals surface area contributed by atoms with E-state index in [2.05, 4.69) is 40.8 Å². The molecule has 3 aromatic carbocycles. The Balaban J connectivity index is 0.658. The smallest absolute Gasteiger partial charge is 0.410 e. The highest BCUT2D eigenvalue weighted by molar-refractivity contribution is 7.85. The van der Waals surface area contributed by atoms with Gasteiger partial charge in [0, 0.05) is 98.6 Å². The van der Waals surface area contributed by atoms with Gasteiger partial charge < -0.3 is 44.3 Å². The number of unbranched alkanes of at least 4 members (excludes halogenated alkanes) is 2. The van der Waals surface area contributed by atoms with Crippen LogP contribution in [0.2, 0.25) is 0 Å². The lowest BCUT2D eigenvalue weighted by Crippen LogP contribution is -2.64. The van der Waals surface area contributed by atoms with Crippen molar-refractivity contribution in [1.29, 1.82) is 0 Å². The SMILES string of the molecule is COCCN(CCOC12CC3(C)CC(C)(CC(Cn4ncc(-c5ccc(-c6ccc7c(c6)N(C(=O)Nc6nc8ccccc8s6)CCC7)nc5C(=O)O)c4C)(C3)C1)C2)C(=O)OCc1cc[c]cc1OCCOCCNC(=O)[C@H](CS(=O)(=O)O)NC(=O)CCCCCN1C(=O)C=CC1=O. The lowest BCUT2D eigenvalue weighted by atomic mass is 9.39. The number of urea groups is 1. The molecule has 4 saturated carbocycles. The van der Waals surface area contributed by atoms with E-state index in [0.717, 1.165) is 83.4 Å². The molecule has 26 nitrogen and oxygen atoms in total. The maximum Gasteiger partial charge on any atom is 0.410 e. The number of aryl methyl sites for hydroxylation is 1. The van der Waals surface area contributed by atoms with Gasteiger partial charge in [0.15, 0.2) is 10.8 Å². The van der Waals surface area contributed by atoms with E-state index >= 15 is 0 Å². The summed E-state index contributed by atoms with van der Waals surface area (Å²) in [4.78, 5) is 104. The number of imide groups is 1. The zero-order chi connectivity index (χ0) is 69.4. The van der Waals surface area contributed by atoms with Crippen LogP contribution in [0.15, 0.2) is 91.1 Å². The molecule has 4 fully saturated rings. The Morgan fingerprint density at radius 2 is 1.64 bits per heavy atom. The number of ether oxygens (including phenoxy) is 5. The van der Waals surface area contributed by atoms with Crippen LogP contribution >= 0.6 is 11.3 Å². The molecule has 4 bridgehead atoms. The zero-order valence-corrected chi connectivity index (χ0v) is 57.1. The number of pyridine rings is 1. The average Bonchev–Trinajstić information content (AvgIpc) is 1.36. The number of para-hydroxylation sites is 1. The summed E-state index contributed by atoms with van der Waals surface area (Å²) in [6.45, 7) is 8.96. The van der Waals surface area contributed by atoms with Crippen LogP contribution in [0.5, 0.6) is 5.75 Å². The monoisotopic (exact) mass is 1380 g/mol. The van der Waals surface area contributed by atoms with Gasteiger partial charge in [-0.05, 0) is 135 Å². The summed E-state index contributed by atoms with van der Waals surface area (Å²) >= 11 is 1.41. The molecule has 6 aliphatic rings. The Morgan fingerprint density at radius 1 is 0.867 bits per heavy atom. The van der Waals surface area contributed by atoms with Crippen LogP contribution < -0.4 is 25.6 Å². The number of anilines is 2. The maximum atomic E-state index is 13.9. The Kier molecular flexibility index (Phi) is 21.8. The molecule has 1 radical (unpaired) electrons. The number of hydrogen-bond donors (Lipinski definition) is 5. The summed E-state index contributed by atoms with van der Waals surface area (Å²) in [5.41, 5.74) is 5.44. The number of carboxylic acid groups (broad SMARTS) is 1.